The van der Waals surface area contributed by atoms with E-state index in [9.17, 15) is 14.7 Å². The van der Waals surface area contributed by atoms with Gasteiger partial charge in [0.25, 0.3) is 0 Å². The Morgan fingerprint density at radius 3 is 2.22 bits per heavy atom. The van der Waals surface area contributed by atoms with Gasteiger partial charge in [0.1, 0.15) is 0 Å². The SMILES string of the molecule is CCn1c2ccc(C(=O)c3ccccc3C)cc2c2cc(/C(C)=N/OC(=O)C3(O)CCCCC3)ccc21. The largest absolute Gasteiger partial charge is 0.378 e. The minimum atomic E-state index is -1.44. The van der Waals surface area contributed by atoms with E-state index >= 15 is 0 Å². The molecule has 5 rings (SSSR count). The fraction of sp³-hybridized carbons (Fsp3) is 0.323. The molecule has 0 amide bonds. The van der Waals surface area contributed by atoms with Gasteiger partial charge in [-0.3, -0.25) is 4.79 Å². The zero-order chi connectivity index (χ0) is 26.2. The molecular weight excluding hydrogens is 464 g/mol. The molecule has 4 aromatic rings. The average Bonchev–Trinajstić information content (AvgIpc) is 3.24. The van der Waals surface area contributed by atoms with Gasteiger partial charge >= 0.3 is 5.97 Å². The number of oxime groups is 1. The monoisotopic (exact) mass is 496 g/mol. The summed E-state index contributed by atoms with van der Waals surface area (Å²) in [5, 5.41) is 16.7. The van der Waals surface area contributed by atoms with Gasteiger partial charge < -0.3 is 14.5 Å². The first-order valence-corrected chi connectivity index (χ1v) is 13.0. The van der Waals surface area contributed by atoms with E-state index in [2.05, 4.69) is 16.6 Å². The quantitative estimate of drug-likeness (QED) is 0.147. The highest BCUT2D eigenvalue weighted by Crippen LogP contribution is 2.32. The Hall–Kier alpha value is -3.77. The minimum absolute atomic E-state index is 0.00106. The van der Waals surface area contributed by atoms with Crippen LogP contribution in [0.5, 0.6) is 0 Å². The van der Waals surface area contributed by atoms with Crippen LogP contribution in [0.3, 0.4) is 0 Å². The summed E-state index contributed by atoms with van der Waals surface area (Å²) < 4.78 is 2.22. The van der Waals surface area contributed by atoms with Crippen LogP contribution in [0.25, 0.3) is 21.8 Å². The Morgan fingerprint density at radius 2 is 1.57 bits per heavy atom. The average molecular weight is 497 g/mol. The van der Waals surface area contributed by atoms with Gasteiger partial charge in [0.15, 0.2) is 11.4 Å². The van der Waals surface area contributed by atoms with E-state index in [1.165, 1.54) is 0 Å². The number of hydrogen-bond acceptors (Lipinski definition) is 5. The Kier molecular flexibility index (Phi) is 6.69. The van der Waals surface area contributed by atoms with Crippen LogP contribution in [0.15, 0.2) is 65.8 Å². The lowest BCUT2D eigenvalue weighted by Gasteiger charge is -2.28. The van der Waals surface area contributed by atoms with Crippen molar-refractivity contribution in [3.63, 3.8) is 0 Å². The van der Waals surface area contributed by atoms with Crippen molar-refractivity contribution in [3.8, 4) is 0 Å². The van der Waals surface area contributed by atoms with E-state index in [4.69, 9.17) is 4.84 Å². The number of ketones is 1. The van der Waals surface area contributed by atoms with Crippen molar-refractivity contribution in [3.05, 3.63) is 82.9 Å². The van der Waals surface area contributed by atoms with Crippen molar-refractivity contribution in [1.82, 2.24) is 4.57 Å². The first-order chi connectivity index (χ1) is 17.8. The molecule has 1 saturated carbocycles. The Labute approximate surface area is 216 Å². The van der Waals surface area contributed by atoms with Crippen molar-refractivity contribution in [1.29, 1.82) is 0 Å². The van der Waals surface area contributed by atoms with Crippen LogP contribution in [-0.4, -0.2) is 32.7 Å². The number of aliphatic hydroxyl groups is 1. The summed E-state index contributed by atoms with van der Waals surface area (Å²) in [7, 11) is 0. The molecule has 0 saturated heterocycles. The topological polar surface area (TPSA) is 80.9 Å². The van der Waals surface area contributed by atoms with E-state index in [0.717, 1.165) is 58.7 Å². The van der Waals surface area contributed by atoms with Crippen LogP contribution < -0.4 is 0 Å². The lowest BCUT2D eigenvalue weighted by atomic mass is 9.85. The summed E-state index contributed by atoms with van der Waals surface area (Å²) in [5.74, 6) is -0.687. The second-order valence-electron chi connectivity index (χ2n) is 10.00. The molecule has 37 heavy (non-hydrogen) atoms. The maximum absolute atomic E-state index is 13.3. The van der Waals surface area contributed by atoms with Gasteiger partial charge in [0.2, 0.25) is 0 Å². The maximum atomic E-state index is 13.3. The summed E-state index contributed by atoms with van der Waals surface area (Å²) in [6.07, 6.45) is 3.45. The highest BCUT2D eigenvalue weighted by Gasteiger charge is 2.39. The molecule has 0 bridgehead atoms. The van der Waals surface area contributed by atoms with E-state index in [-0.39, 0.29) is 5.78 Å². The number of carbonyl (C=O) groups excluding carboxylic acids is 2. The van der Waals surface area contributed by atoms with Crippen molar-refractivity contribution < 1.29 is 19.5 Å². The molecule has 1 heterocycles. The standard InChI is InChI=1S/C31H32N2O4/c1-4-33-27-14-12-22(21(3)32-37-30(35)31(36)16-8-5-9-17-31)18-25(27)26-19-23(13-15-28(26)33)29(34)24-11-7-6-10-20(24)2/h6-7,10-15,18-19,36H,4-5,8-9,16-17H2,1-3H3/b32-21+. The maximum Gasteiger partial charge on any atom is 0.366 e. The van der Waals surface area contributed by atoms with E-state index in [1.807, 2.05) is 67.6 Å². The van der Waals surface area contributed by atoms with Gasteiger partial charge in [-0.1, -0.05) is 41.9 Å². The molecular formula is C31H32N2O4. The molecule has 6 nitrogen and oxygen atoms in total. The highest BCUT2D eigenvalue weighted by molar-refractivity contribution is 6.16. The molecule has 6 heteroatoms. The number of hydrogen-bond donors (Lipinski definition) is 1. The number of fused-ring (bicyclic) bond motifs is 3. The summed E-state index contributed by atoms with van der Waals surface area (Å²) in [5.41, 5.74) is 4.31. The van der Waals surface area contributed by atoms with Gasteiger partial charge in [-0.2, -0.15) is 0 Å². The van der Waals surface area contributed by atoms with Crippen molar-refractivity contribution in [2.45, 2.75) is 65.0 Å². The van der Waals surface area contributed by atoms with Crippen LogP contribution in [0.1, 0.15) is 73.0 Å². The lowest BCUT2D eigenvalue weighted by molar-refractivity contribution is -0.168. The second-order valence-corrected chi connectivity index (χ2v) is 10.00. The summed E-state index contributed by atoms with van der Waals surface area (Å²) in [6.45, 7) is 6.61. The summed E-state index contributed by atoms with van der Waals surface area (Å²) in [4.78, 5) is 31.0. The molecule has 1 aliphatic carbocycles. The normalized spacial score (nSPS) is 15.7. The smallest absolute Gasteiger partial charge is 0.366 e. The number of benzene rings is 3. The predicted octanol–water partition coefficient (Wildman–Crippen LogP) is 6.32. The van der Waals surface area contributed by atoms with Gasteiger partial charge in [-0.15, -0.1) is 0 Å². The molecule has 0 radical (unpaired) electrons. The number of carbonyl (C=O) groups is 2. The molecule has 3 aromatic carbocycles. The van der Waals surface area contributed by atoms with Gasteiger partial charge in [0, 0.05) is 39.5 Å². The third-order valence-corrected chi connectivity index (χ3v) is 7.58. The van der Waals surface area contributed by atoms with Crippen molar-refractivity contribution in [2.75, 3.05) is 0 Å². The molecule has 0 spiro atoms. The first-order valence-electron chi connectivity index (χ1n) is 13.0. The Morgan fingerprint density at radius 1 is 0.946 bits per heavy atom. The Balaban J connectivity index is 1.52. The summed E-state index contributed by atoms with van der Waals surface area (Å²) >= 11 is 0. The number of nitrogens with zero attached hydrogens (tertiary/aromatic N) is 2. The Bertz CT molecular complexity index is 1540. The fourth-order valence-electron chi connectivity index (χ4n) is 5.38. The molecule has 190 valence electrons. The predicted molar refractivity (Wildman–Crippen MR) is 146 cm³/mol. The first kappa shape index (κ1) is 24.9. The van der Waals surface area contributed by atoms with Gasteiger partial charge in [0.05, 0.1) is 5.71 Å². The van der Waals surface area contributed by atoms with Crippen molar-refractivity contribution >= 4 is 39.3 Å². The highest BCUT2D eigenvalue weighted by atomic mass is 16.7. The number of aromatic nitrogens is 1. The third kappa shape index (κ3) is 4.58. The molecule has 1 aliphatic rings. The zero-order valence-electron chi connectivity index (χ0n) is 21.6. The van der Waals surface area contributed by atoms with E-state index < -0.39 is 11.6 Å². The van der Waals surface area contributed by atoms with E-state index in [0.29, 0.717) is 29.7 Å². The molecule has 1 fully saturated rings. The molecule has 0 aliphatic heterocycles. The second kappa shape index (κ2) is 9.94. The molecule has 0 unspecified atom stereocenters. The number of aryl methyl sites for hydroxylation is 2. The van der Waals surface area contributed by atoms with Gasteiger partial charge in [-0.05, 0) is 87.9 Å². The minimum Gasteiger partial charge on any atom is -0.378 e. The lowest BCUT2D eigenvalue weighted by Crippen LogP contribution is -2.41. The summed E-state index contributed by atoms with van der Waals surface area (Å²) in [6, 6.07) is 19.5. The van der Waals surface area contributed by atoms with Crippen LogP contribution in [0.4, 0.5) is 0 Å². The van der Waals surface area contributed by atoms with Crippen LogP contribution in [0.2, 0.25) is 0 Å². The van der Waals surface area contributed by atoms with Crippen LogP contribution in [0, 0.1) is 6.92 Å². The number of rotatable bonds is 6. The van der Waals surface area contributed by atoms with Crippen LogP contribution >= 0.6 is 0 Å². The zero-order valence-corrected chi connectivity index (χ0v) is 21.6. The molecule has 0 atom stereocenters. The fourth-order valence-corrected chi connectivity index (χ4v) is 5.38. The van der Waals surface area contributed by atoms with E-state index in [1.54, 1.807) is 6.92 Å². The molecule has 1 N–H and O–H groups in total. The third-order valence-electron chi connectivity index (χ3n) is 7.58. The van der Waals surface area contributed by atoms with Crippen LogP contribution in [-0.2, 0) is 16.2 Å². The van der Waals surface area contributed by atoms with Crippen molar-refractivity contribution in [2.24, 2.45) is 5.16 Å². The van der Waals surface area contributed by atoms with Gasteiger partial charge in [-0.25, -0.2) is 4.79 Å². The molecule has 1 aromatic heterocycles.